The first-order valence-corrected chi connectivity index (χ1v) is 4.69. The van der Waals surface area contributed by atoms with Crippen LogP contribution in [0, 0.1) is 0 Å². The van der Waals surface area contributed by atoms with Crippen molar-refractivity contribution in [3.05, 3.63) is 12.7 Å². The van der Waals surface area contributed by atoms with Gasteiger partial charge in [0.05, 0.1) is 6.61 Å². The molecule has 0 radical (unpaired) electrons. The molecule has 0 bridgehead atoms. The van der Waals surface area contributed by atoms with Gasteiger partial charge >= 0.3 is 0 Å². The molecule has 0 aliphatic heterocycles. The average Bonchev–Trinajstić information content (AvgIpc) is 2.02. The van der Waals surface area contributed by atoms with E-state index in [2.05, 4.69) is 25.7 Å². The third-order valence-corrected chi connectivity index (χ3v) is 1.50. The first-order chi connectivity index (χ1) is 5.77. The Labute approximate surface area is 76.0 Å². The molecule has 0 saturated heterocycles. The molecule has 72 valence electrons. The summed E-state index contributed by atoms with van der Waals surface area (Å²) >= 11 is 0. The molecule has 0 fully saturated rings. The molecule has 2 heteroatoms. The van der Waals surface area contributed by atoms with Crippen LogP contribution in [-0.4, -0.2) is 25.8 Å². The number of nitrogens with one attached hydrogen (secondary N) is 1. The molecule has 0 heterocycles. The Balaban J connectivity index is 2.86. The second-order valence-electron chi connectivity index (χ2n) is 3.15. The van der Waals surface area contributed by atoms with Gasteiger partial charge in [0.15, 0.2) is 0 Å². The number of allylic oxidation sites excluding steroid dienone is 1. The van der Waals surface area contributed by atoms with Crippen LogP contribution >= 0.6 is 0 Å². The molecular weight excluding hydrogens is 150 g/mol. The molecule has 0 unspecified atom stereocenters. The molecule has 1 N–H and O–H groups in total. The zero-order valence-corrected chi connectivity index (χ0v) is 8.31. The second kappa shape index (κ2) is 8.75. The van der Waals surface area contributed by atoms with E-state index in [1.165, 1.54) is 0 Å². The van der Waals surface area contributed by atoms with Crippen LogP contribution in [0.15, 0.2) is 12.7 Å². The molecule has 0 rings (SSSR count). The van der Waals surface area contributed by atoms with Gasteiger partial charge in [0.25, 0.3) is 0 Å². The van der Waals surface area contributed by atoms with Gasteiger partial charge < -0.3 is 10.1 Å². The lowest BCUT2D eigenvalue weighted by Gasteiger charge is -2.07. The van der Waals surface area contributed by atoms with Crippen LogP contribution in [-0.2, 0) is 4.74 Å². The Morgan fingerprint density at radius 1 is 1.42 bits per heavy atom. The van der Waals surface area contributed by atoms with E-state index in [1.54, 1.807) is 0 Å². The quantitative estimate of drug-likeness (QED) is 0.445. The standard InChI is InChI=1S/C10H21NO/c1-4-5-6-8-12-9-7-11-10(2)3/h4,10-11H,1,5-9H2,2-3H3. The number of unbranched alkanes of at least 4 members (excludes halogenated alkanes) is 1. The van der Waals surface area contributed by atoms with Crippen LogP contribution in [0.3, 0.4) is 0 Å². The second-order valence-corrected chi connectivity index (χ2v) is 3.15. The fourth-order valence-electron chi connectivity index (χ4n) is 0.852. The summed E-state index contributed by atoms with van der Waals surface area (Å²) in [6.07, 6.45) is 4.07. The molecule has 0 aromatic carbocycles. The van der Waals surface area contributed by atoms with Gasteiger partial charge in [-0.3, -0.25) is 0 Å². The van der Waals surface area contributed by atoms with Crippen molar-refractivity contribution >= 4 is 0 Å². The Kier molecular flexibility index (Phi) is 8.51. The van der Waals surface area contributed by atoms with E-state index in [4.69, 9.17) is 4.74 Å². The maximum absolute atomic E-state index is 5.38. The largest absolute Gasteiger partial charge is 0.380 e. The van der Waals surface area contributed by atoms with E-state index in [1.807, 2.05) is 6.08 Å². The normalized spacial score (nSPS) is 10.6. The molecule has 12 heavy (non-hydrogen) atoms. The van der Waals surface area contributed by atoms with Gasteiger partial charge in [-0.1, -0.05) is 19.9 Å². The number of rotatable bonds is 8. The van der Waals surface area contributed by atoms with Crippen LogP contribution in [0.25, 0.3) is 0 Å². The van der Waals surface area contributed by atoms with Gasteiger partial charge in [0, 0.05) is 19.2 Å². The highest BCUT2D eigenvalue weighted by Gasteiger charge is 1.91. The molecule has 0 spiro atoms. The van der Waals surface area contributed by atoms with Gasteiger partial charge in [-0.15, -0.1) is 6.58 Å². The van der Waals surface area contributed by atoms with Crippen molar-refractivity contribution in [1.82, 2.24) is 5.32 Å². The van der Waals surface area contributed by atoms with Gasteiger partial charge in [-0.2, -0.15) is 0 Å². The topological polar surface area (TPSA) is 21.3 Å². The Hall–Kier alpha value is -0.340. The van der Waals surface area contributed by atoms with E-state index < -0.39 is 0 Å². The lowest BCUT2D eigenvalue weighted by Crippen LogP contribution is -2.26. The summed E-state index contributed by atoms with van der Waals surface area (Å²) in [5.74, 6) is 0. The molecule has 0 aliphatic carbocycles. The van der Waals surface area contributed by atoms with Crippen LogP contribution in [0.5, 0.6) is 0 Å². The molecular formula is C10H21NO. The van der Waals surface area contributed by atoms with Crippen LogP contribution in [0.2, 0.25) is 0 Å². The number of ether oxygens (including phenoxy) is 1. The van der Waals surface area contributed by atoms with E-state index in [9.17, 15) is 0 Å². The predicted octanol–water partition coefficient (Wildman–Crippen LogP) is 1.97. The van der Waals surface area contributed by atoms with Crippen molar-refractivity contribution in [2.24, 2.45) is 0 Å². The van der Waals surface area contributed by atoms with E-state index in [0.717, 1.165) is 32.6 Å². The van der Waals surface area contributed by atoms with Crippen molar-refractivity contribution in [3.8, 4) is 0 Å². The molecule has 0 saturated carbocycles. The monoisotopic (exact) mass is 171 g/mol. The van der Waals surface area contributed by atoms with Crippen molar-refractivity contribution in [1.29, 1.82) is 0 Å². The Bertz CT molecular complexity index is 102. The fraction of sp³-hybridized carbons (Fsp3) is 0.800. The molecule has 0 aromatic rings. The molecule has 2 nitrogen and oxygen atoms in total. The third kappa shape index (κ3) is 9.66. The van der Waals surface area contributed by atoms with Crippen LogP contribution in [0.1, 0.15) is 26.7 Å². The van der Waals surface area contributed by atoms with Gasteiger partial charge in [0.2, 0.25) is 0 Å². The fourth-order valence-corrected chi connectivity index (χ4v) is 0.852. The summed E-state index contributed by atoms with van der Waals surface area (Å²) in [5, 5.41) is 3.29. The predicted molar refractivity (Wildman–Crippen MR) is 53.4 cm³/mol. The maximum Gasteiger partial charge on any atom is 0.0590 e. The summed E-state index contributed by atoms with van der Waals surface area (Å²) in [6, 6.07) is 0.557. The van der Waals surface area contributed by atoms with Gasteiger partial charge in [0.1, 0.15) is 0 Å². The summed E-state index contributed by atoms with van der Waals surface area (Å²) in [7, 11) is 0. The SMILES string of the molecule is C=CCCCOCCNC(C)C. The number of hydrogen-bond acceptors (Lipinski definition) is 2. The molecule has 0 atom stereocenters. The lowest BCUT2D eigenvalue weighted by molar-refractivity contribution is 0.133. The van der Waals surface area contributed by atoms with Crippen LogP contribution in [0.4, 0.5) is 0 Å². The summed E-state index contributed by atoms with van der Waals surface area (Å²) in [6.45, 7) is 10.5. The minimum atomic E-state index is 0.557. The minimum Gasteiger partial charge on any atom is -0.380 e. The molecule has 0 aromatic heterocycles. The van der Waals surface area contributed by atoms with E-state index >= 15 is 0 Å². The van der Waals surface area contributed by atoms with Crippen molar-refractivity contribution in [2.45, 2.75) is 32.7 Å². The summed E-state index contributed by atoms with van der Waals surface area (Å²) in [5.41, 5.74) is 0. The first-order valence-electron chi connectivity index (χ1n) is 4.69. The smallest absolute Gasteiger partial charge is 0.0590 e. The van der Waals surface area contributed by atoms with Gasteiger partial charge in [-0.05, 0) is 12.8 Å². The van der Waals surface area contributed by atoms with Crippen molar-refractivity contribution in [3.63, 3.8) is 0 Å². The highest BCUT2D eigenvalue weighted by molar-refractivity contribution is 4.64. The lowest BCUT2D eigenvalue weighted by atomic mass is 10.3. The van der Waals surface area contributed by atoms with Gasteiger partial charge in [-0.25, -0.2) is 0 Å². The molecule has 0 amide bonds. The highest BCUT2D eigenvalue weighted by atomic mass is 16.5. The molecule has 0 aliphatic rings. The third-order valence-electron chi connectivity index (χ3n) is 1.50. The Morgan fingerprint density at radius 2 is 2.17 bits per heavy atom. The van der Waals surface area contributed by atoms with E-state index in [-0.39, 0.29) is 0 Å². The van der Waals surface area contributed by atoms with Crippen molar-refractivity contribution < 1.29 is 4.74 Å². The van der Waals surface area contributed by atoms with E-state index in [0.29, 0.717) is 6.04 Å². The summed E-state index contributed by atoms with van der Waals surface area (Å²) in [4.78, 5) is 0. The number of hydrogen-bond donors (Lipinski definition) is 1. The first kappa shape index (κ1) is 11.7. The average molecular weight is 171 g/mol. The van der Waals surface area contributed by atoms with Crippen LogP contribution < -0.4 is 5.32 Å². The highest BCUT2D eigenvalue weighted by Crippen LogP contribution is 1.89. The minimum absolute atomic E-state index is 0.557. The summed E-state index contributed by atoms with van der Waals surface area (Å²) < 4.78 is 5.38. The maximum atomic E-state index is 5.38. The van der Waals surface area contributed by atoms with Crippen molar-refractivity contribution in [2.75, 3.05) is 19.8 Å². The zero-order valence-electron chi connectivity index (χ0n) is 8.31. The Morgan fingerprint density at radius 3 is 2.75 bits per heavy atom. The zero-order chi connectivity index (χ0) is 9.23.